The lowest BCUT2D eigenvalue weighted by Crippen LogP contribution is -2.29. The van der Waals surface area contributed by atoms with Crippen LogP contribution < -0.4 is 4.90 Å². The van der Waals surface area contributed by atoms with Crippen LogP contribution in [0.25, 0.3) is 0 Å². The lowest BCUT2D eigenvalue weighted by Gasteiger charge is -2.22. The second-order valence-electron chi connectivity index (χ2n) is 4.69. The van der Waals surface area contributed by atoms with Crippen LogP contribution in [0.1, 0.15) is 15.2 Å². The number of carbonyl (C=O) groups is 1. The molecule has 3 aromatic rings. The van der Waals surface area contributed by atoms with E-state index in [4.69, 9.17) is 0 Å². The molecule has 0 saturated carbocycles. The highest BCUT2D eigenvalue weighted by atomic mass is 32.1. The molecule has 0 aliphatic heterocycles. The zero-order valence-electron chi connectivity index (χ0n) is 11.5. The topological polar surface area (TPSA) is 20.3 Å². The minimum atomic E-state index is 0.0417. The maximum atomic E-state index is 12.7. The predicted octanol–water partition coefficient (Wildman–Crippen LogP) is 4.60. The van der Waals surface area contributed by atoms with Crippen LogP contribution in [0.3, 0.4) is 0 Å². The molecule has 0 atom stereocenters. The van der Waals surface area contributed by atoms with Crippen molar-refractivity contribution in [2.24, 2.45) is 0 Å². The molecule has 2 nitrogen and oxygen atoms in total. The lowest BCUT2D eigenvalue weighted by molar-refractivity contribution is 0.0989. The van der Waals surface area contributed by atoms with Crippen LogP contribution in [0, 0.1) is 0 Å². The normalized spacial score (nSPS) is 10.3. The summed E-state index contributed by atoms with van der Waals surface area (Å²) in [6.07, 6.45) is 0. The van der Waals surface area contributed by atoms with E-state index in [0.717, 1.165) is 16.1 Å². The van der Waals surface area contributed by atoms with Gasteiger partial charge in [0.05, 0.1) is 11.4 Å². The van der Waals surface area contributed by atoms with Gasteiger partial charge in [-0.05, 0) is 29.1 Å². The van der Waals surface area contributed by atoms with Gasteiger partial charge in [0, 0.05) is 5.69 Å². The van der Waals surface area contributed by atoms with Crippen molar-refractivity contribution in [1.82, 2.24) is 0 Å². The summed E-state index contributed by atoms with van der Waals surface area (Å²) >= 11 is 1.47. The highest BCUT2D eigenvalue weighted by Crippen LogP contribution is 2.21. The number of carbonyl (C=O) groups excluding carboxylic acids is 1. The van der Waals surface area contributed by atoms with Crippen LogP contribution >= 0.6 is 11.3 Å². The number of rotatable bonds is 4. The van der Waals surface area contributed by atoms with Crippen LogP contribution in [0.2, 0.25) is 0 Å². The molecular formula is C18H15NOS. The van der Waals surface area contributed by atoms with Crippen molar-refractivity contribution < 1.29 is 4.79 Å². The molecule has 104 valence electrons. The average molecular weight is 293 g/mol. The minimum Gasteiger partial charge on any atom is -0.303 e. The molecule has 3 heteroatoms. The summed E-state index contributed by atoms with van der Waals surface area (Å²) in [4.78, 5) is 15.3. The van der Waals surface area contributed by atoms with Crippen LogP contribution in [0.4, 0.5) is 5.69 Å². The summed E-state index contributed by atoms with van der Waals surface area (Å²) < 4.78 is 0. The number of para-hydroxylation sites is 1. The Kier molecular flexibility index (Phi) is 4.12. The van der Waals surface area contributed by atoms with Gasteiger partial charge < -0.3 is 4.90 Å². The Balaban J connectivity index is 1.93. The Morgan fingerprint density at radius 1 is 0.857 bits per heavy atom. The Bertz CT molecular complexity index is 693. The van der Waals surface area contributed by atoms with Gasteiger partial charge in [0.2, 0.25) is 0 Å². The molecule has 0 fully saturated rings. The summed E-state index contributed by atoms with van der Waals surface area (Å²) in [7, 11) is 0. The molecule has 1 aromatic heterocycles. The van der Waals surface area contributed by atoms with Gasteiger partial charge in [0.25, 0.3) is 5.91 Å². The van der Waals surface area contributed by atoms with Gasteiger partial charge in [-0.1, -0.05) is 54.6 Å². The Morgan fingerprint density at radius 2 is 1.52 bits per heavy atom. The Morgan fingerprint density at radius 3 is 2.14 bits per heavy atom. The first kappa shape index (κ1) is 13.6. The second-order valence-corrected chi connectivity index (χ2v) is 5.64. The molecule has 1 amide bonds. The van der Waals surface area contributed by atoms with Crippen LogP contribution in [-0.2, 0) is 6.54 Å². The fourth-order valence-electron chi connectivity index (χ4n) is 2.19. The first-order valence-corrected chi connectivity index (χ1v) is 7.67. The number of amides is 1. The van der Waals surface area contributed by atoms with E-state index < -0.39 is 0 Å². The Hall–Kier alpha value is -2.39. The maximum absolute atomic E-state index is 12.7. The van der Waals surface area contributed by atoms with Crippen molar-refractivity contribution in [2.75, 3.05) is 4.90 Å². The first-order valence-electron chi connectivity index (χ1n) is 6.79. The summed E-state index contributed by atoms with van der Waals surface area (Å²) in [6.45, 7) is 0.571. The van der Waals surface area contributed by atoms with Gasteiger partial charge in [-0.3, -0.25) is 4.79 Å². The summed E-state index contributed by atoms with van der Waals surface area (Å²) in [5.74, 6) is 0.0417. The van der Waals surface area contributed by atoms with E-state index in [1.165, 1.54) is 11.3 Å². The molecule has 0 aliphatic carbocycles. The quantitative estimate of drug-likeness (QED) is 0.688. The third-order valence-corrected chi connectivity index (χ3v) is 4.09. The fourth-order valence-corrected chi connectivity index (χ4v) is 2.86. The number of nitrogens with zero attached hydrogens (tertiary/aromatic N) is 1. The first-order chi connectivity index (χ1) is 10.3. The van der Waals surface area contributed by atoms with Gasteiger partial charge in [-0.15, -0.1) is 11.3 Å². The van der Waals surface area contributed by atoms with Gasteiger partial charge in [0.1, 0.15) is 0 Å². The van der Waals surface area contributed by atoms with E-state index in [9.17, 15) is 4.79 Å². The number of anilines is 1. The number of hydrogen-bond acceptors (Lipinski definition) is 2. The molecule has 3 rings (SSSR count). The molecule has 2 aromatic carbocycles. The fraction of sp³-hybridized carbons (Fsp3) is 0.0556. The SMILES string of the molecule is O=C(c1cccs1)N(Cc1ccccc1)c1ccccc1. The third-order valence-electron chi connectivity index (χ3n) is 3.23. The molecule has 0 unspecified atom stereocenters. The highest BCUT2D eigenvalue weighted by molar-refractivity contribution is 7.12. The standard InChI is InChI=1S/C18H15NOS/c20-18(17-12-7-13-21-17)19(16-10-5-2-6-11-16)14-15-8-3-1-4-9-15/h1-13H,14H2. The van der Waals surface area contributed by atoms with Crippen molar-refractivity contribution >= 4 is 22.9 Å². The molecule has 0 radical (unpaired) electrons. The minimum absolute atomic E-state index is 0.0417. The van der Waals surface area contributed by atoms with E-state index in [1.54, 1.807) is 0 Å². The van der Waals surface area contributed by atoms with Gasteiger partial charge in [-0.2, -0.15) is 0 Å². The summed E-state index contributed by atoms with van der Waals surface area (Å²) in [5.41, 5.74) is 2.03. The number of hydrogen-bond donors (Lipinski definition) is 0. The summed E-state index contributed by atoms with van der Waals surface area (Å²) in [6, 6.07) is 23.6. The number of thiophene rings is 1. The molecule has 1 heterocycles. The zero-order chi connectivity index (χ0) is 14.5. The smallest absolute Gasteiger partial charge is 0.268 e. The molecule has 0 saturated heterocycles. The molecular weight excluding hydrogens is 278 g/mol. The van der Waals surface area contributed by atoms with Gasteiger partial charge in [0.15, 0.2) is 0 Å². The number of benzene rings is 2. The van der Waals surface area contributed by atoms with E-state index in [2.05, 4.69) is 0 Å². The van der Waals surface area contributed by atoms with E-state index in [0.29, 0.717) is 6.54 Å². The van der Waals surface area contributed by atoms with Crippen LogP contribution in [-0.4, -0.2) is 5.91 Å². The van der Waals surface area contributed by atoms with Crippen LogP contribution in [0.5, 0.6) is 0 Å². The molecule has 0 spiro atoms. The van der Waals surface area contributed by atoms with Crippen LogP contribution in [0.15, 0.2) is 78.2 Å². The molecule has 0 N–H and O–H groups in total. The van der Waals surface area contributed by atoms with Crippen molar-refractivity contribution in [1.29, 1.82) is 0 Å². The molecule has 0 bridgehead atoms. The van der Waals surface area contributed by atoms with Gasteiger partial charge in [-0.25, -0.2) is 0 Å². The summed E-state index contributed by atoms with van der Waals surface area (Å²) in [5, 5.41) is 1.93. The van der Waals surface area contributed by atoms with E-state index >= 15 is 0 Å². The van der Waals surface area contributed by atoms with E-state index in [1.807, 2.05) is 83.1 Å². The van der Waals surface area contributed by atoms with Crippen molar-refractivity contribution in [2.45, 2.75) is 6.54 Å². The highest BCUT2D eigenvalue weighted by Gasteiger charge is 2.18. The van der Waals surface area contributed by atoms with Gasteiger partial charge >= 0.3 is 0 Å². The zero-order valence-corrected chi connectivity index (χ0v) is 12.3. The Labute approximate surface area is 128 Å². The van der Waals surface area contributed by atoms with E-state index in [-0.39, 0.29) is 5.91 Å². The van der Waals surface area contributed by atoms with Crippen molar-refractivity contribution in [3.8, 4) is 0 Å². The predicted molar refractivity (Wildman–Crippen MR) is 87.7 cm³/mol. The lowest BCUT2D eigenvalue weighted by atomic mass is 10.2. The van der Waals surface area contributed by atoms with Crippen molar-refractivity contribution in [3.63, 3.8) is 0 Å². The molecule has 0 aliphatic rings. The third kappa shape index (κ3) is 3.20. The maximum Gasteiger partial charge on any atom is 0.268 e. The second kappa shape index (κ2) is 6.37. The monoisotopic (exact) mass is 293 g/mol. The largest absolute Gasteiger partial charge is 0.303 e. The molecule has 21 heavy (non-hydrogen) atoms. The average Bonchev–Trinajstić information content (AvgIpc) is 3.08. The van der Waals surface area contributed by atoms with Crippen molar-refractivity contribution in [3.05, 3.63) is 88.6 Å².